The number of benzene rings is 2. The summed E-state index contributed by atoms with van der Waals surface area (Å²) in [4.78, 5) is 21.8. The summed E-state index contributed by atoms with van der Waals surface area (Å²) in [6.07, 6.45) is 2.84. The molecule has 0 aliphatic carbocycles. The van der Waals surface area contributed by atoms with Gasteiger partial charge in [-0.15, -0.1) is 0 Å². The number of primary amides is 1. The Hall–Kier alpha value is -3.35. The Balaban J connectivity index is 1.64. The van der Waals surface area contributed by atoms with E-state index in [9.17, 15) is 14.9 Å². The second-order valence-electron chi connectivity index (χ2n) is 5.70. The van der Waals surface area contributed by atoms with E-state index in [2.05, 4.69) is 28.1 Å². The second kappa shape index (κ2) is 7.04. The smallest absolute Gasteiger partial charge is 0.293 e. The van der Waals surface area contributed by atoms with Gasteiger partial charge in [0.25, 0.3) is 5.69 Å². The summed E-state index contributed by atoms with van der Waals surface area (Å²) in [5, 5.41) is 15.4. The first kappa shape index (κ1) is 16.5. The van der Waals surface area contributed by atoms with Gasteiger partial charge < -0.3 is 15.6 Å². The van der Waals surface area contributed by atoms with Crippen LogP contribution in [0.2, 0.25) is 0 Å². The summed E-state index contributed by atoms with van der Waals surface area (Å²) < 4.78 is 2.15. The third kappa shape index (κ3) is 3.60. The van der Waals surface area contributed by atoms with Crippen molar-refractivity contribution in [2.75, 3.05) is 11.9 Å². The van der Waals surface area contributed by atoms with Crippen LogP contribution >= 0.6 is 0 Å². The molecule has 0 saturated carbocycles. The zero-order valence-corrected chi connectivity index (χ0v) is 13.5. The molecular weight excluding hydrogens is 320 g/mol. The van der Waals surface area contributed by atoms with Crippen LogP contribution in [-0.2, 0) is 6.54 Å². The summed E-state index contributed by atoms with van der Waals surface area (Å²) in [6.45, 7) is 1.37. The van der Waals surface area contributed by atoms with Gasteiger partial charge in [-0.25, -0.2) is 0 Å². The number of carbonyl (C=O) groups excluding carboxylic acids is 1. The van der Waals surface area contributed by atoms with Gasteiger partial charge in [0, 0.05) is 36.4 Å². The van der Waals surface area contributed by atoms with Crippen molar-refractivity contribution in [3.05, 3.63) is 70.4 Å². The average Bonchev–Trinajstić information content (AvgIpc) is 3.01. The van der Waals surface area contributed by atoms with Crippen molar-refractivity contribution in [2.45, 2.75) is 13.0 Å². The molecule has 3 N–H and O–H groups in total. The Bertz CT molecular complexity index is 933. The van der Waals surface area contributed by atoms with E-state index in [0.29, 0.717) is 12.2 Å². The van der Waals surface area contributed by atoms with Crippen molar-refractivity contribution >= 4 is 28.2 Å². The van der Waals surface area contributed by atoms with Gasteiger partial charge in [-0.1, -0.05) is 18.2 Å². The fraction of sp³-hybridized carbons (Fsp3) is 0.167. The molecule has 128 valence electrons. The number of aromatic nitrogens is 1. The molecule has 1 heterocycles. The number of para-hydroxylation sites is 1. The number of nitrogens with one attached hydrogen (secondary N) is 1. The van der Waals surface area contributed by atoms with E-state index in [1.165, 1.54) is 29.1 Å². The van der Waals surface area contributed by atoms with Crippen molar-refractivity contribution in [3.8, 4) is 0 Å². The minimum atomic E-state index is -0.686. The van der Waals surface area contributed by atoms with Crippen LogP contribution in [0.4, 0.5) is 11.4 Å². The van der Waals surface area contributed by atoms with Crippen LogP contribution in [0.25, 0.3) is 10.9 Å². The van der Waals surface area contributed by atoms with Crippen LogP contribution in [-0.4, -0.2) is 21.9 Å². The Kier molecular flexibility index (Phi) is 4.65. The van der Waals surface area contributed by atoms with E-state index < -0.39 is 10.8 Å². The van der Waals surface area contributed by atoms with Crippen LogP contribution in [0.15, 0.2) is 54.7 Å². The molecule has 0 unspecified atom stereocenters. The van der Waals surface area contributed by atoms with Gasteiger partial charge in [0.2, 0.25) is 5.91 Å². The molecule has 0 aliphatic rings. The van der Waals surface area contributed by atoms with E-state index in [4.69, 9.17) is 5.73 Å². The lowest BCUT2D eigenvalue weighted by atomic mass is 10.1. The average molecular weight is 338 g/mol. The Morgan fingerprint density at radius 1 is 1.20 bits per heavy atom. The standard InChI is InChI=1S/C18H18N4O3/c19-18(23)14-6-7-15(17(12-14)22(24)25)20-9-3-10-21-11-8-13-4-1-2-5-16(13)21/h1-2,4-8,11-12,20H,3,9-10H2,(H2,19,23). The van der Waals surface area contributed by atoms with Gasteiger partial charge in [-0.2, -0.15) is 0 Å². The quantitative estimate of drug-likeness (QED) is 0.392. The number of amides is 1. The van der Waals surface area contributed by atoms with E-state index >= 15 is 0 Å². The minimum Gasteiger partial charge on any atom is -0.379 e. The van der Waals surface area contributed by atoms with E-state index in [-0.39, 0.29) is 11.3 Å². The van der Waals surface area contributed by atoms with Crippen molar-refractivity contribution < 1.29 is 9.72 Å². The SMILES string of the molecule is NC(=O)c1ccc(NCCCn2ccc3ccccc32)c([N+](=O)[O-])c1. The number of nitro groups is 1. The summed E-state index contributed by atoms with van der Waals surface area (Å²) in [5.41, 5.74) is 6.69. The zero-order valence-electron chi connectivity index (χ0n) is 13.5. The highest BCUT2D eigenvalue weighted by Crippen LogP contribution is 2.25. The van der Waals surface area contributed by atoms with Crippen LogP contribution in [0.3, 0.4) is 0 Å². The largest absolute Gasteiger partial charge is 0.379 e. The molecule has 0 atom stereocenters. The molecule has 1 amide bonds. The third-order valence-electron chi connectivity index (χ3n) is 4.05. The zero-order chi connectivity index (χ0) is 17.8. The fourth-order valence-corrected chi connectivity index (χ4v) is 2.79. The number of nitrogens with zero attached hydrogens (tertiary/aromatic N) is 2. The van der Waals surface area contributed by atoms with Gasteiger partial charge in [0.1, 0.15) is 5.69 Å². The van der Waals surface area contributed by atoms with Crippen molar-refractivity contribution in [1.29, 1.82) is 0 Å². The van der Waals surface area contributed by atoms with Crippen LogP contribution < -0.4 is 11.1 Å². The molecule has 0 fully saturated rings. The first-order valence-electron chi connectivity index (χ1n) is 7.92. The molecule has 2 aromatic carbocycles. The van der Waals surface area contributed by atoms with Crippen molar-refractivity contribution in [2.24, 2.45) is 5.73 Å². The fourth-order valence-electron chi connectivity index (χ4n) is 2.79. The number of aryl methyl sites for hydroxylation is 1. The van der Waals surface area contributed by atoms with Gasteiger partial charge in [-0.05, 0) is 36.1 Å². The number of hydrogen-bond acceptors (Lipinski definition) is 4. The van der Waals surface area contributed by atoms with Crippen LogP contribution in [0.1, 0.15) is 16.8 Å². The van der Waals surface area contributed by atoms with Crippen LogP contribution in [0, 0.1) is 10.1 Å². The highest BCUT2D eigenvalue weighted by molar-refractivity contribution is 5.94. The lowest BCUT2D eigenvalue weighted by Crippen LogP contribution is -2.12. The molecule has 7 nitrogen and oxygen atoms in total. The highest BCUT2D eigenvalue weighted by atomic mass is 16.6. The number of fused-ring (bicyclic) bond motifs is 1. The van der Waals surface area contributed by atoms with Crippen molar-refractivity contribution in [1.82, 2.24) is 4.57 Å². The molecule has 0 aliphatic heterocycles. The molecule has 0 saturated heterocycles. The van der Waals surface area contributed by atoms with E-state index in [1.807, 2.05) is 18.3 Å². The maximum Gasteiger partial charge on any atom is 0.293 e. The molecule has 3 rings (SSSR count). The monoisotopic (exact) mass is 338 g/mol. The highest BCUT2D eigenvalue weighted by Gasteiger charge is 2.16. The predicted molar refractivity (Wildman–Crippen MR) is 96.7 cm³/mol. The summed E-state index contributed by atoms with van der Waals surface area (Å²) >= 11 is 0. The maximum absolute atomic E-state index is 11.2. The van der Waals surface area contributed by atoms with E-state index in [1.54, 1.807) is 0 Å². The summed E-state index contributed by atoms with van der Waals surface area (Å²) in [5.74, 6) is -0.686. The molecule has 7 heteroatoms. The van der Waals surface area contributed by atoms with Gasteiger partial charge in [0.15, 0.2) is 0 Å². The number of rotatable bonds is 7. The number of hydrogen-bond donors (Lipinski definition) is 2. The maximum atomic E-state index is 11.2. The summed E-state index contributed by atoms with van der Waals surface area (Å²) in [7, 11) is 0. The van der Waals surface area contributed by atoms with E-state index in [0.717, 1.165) is 13.0 Å². The lowest BCUT2D eigenvalue weighted by molar-refractivity contribution is -0.384. The normalized spacial score (nSPS) is 10.7. The first-order chi connectivity index (χ1) is 12.1. The minimum absolute atomic E-state index is 0.121. The molecule has 3 aromatic rings. The number of anilines is 1. The van der Waals surface area contributed by atoms with Gasteiger partial charge >= 0.3 is 0 Å². The van der Waals surface area contributed by atoms with Gasteiger partial charge in [-0.3, -0.25) is 14.9 Å². The summed E-state index contributed by atoms with van der Waals surface area (Å²) in [6, 6.07) is 14.4. The second-order valence-corrected chi connectivity index (χ2v) is 5.70. The lowest BCUT2D eigenvalue weighted by Gasteiger charge is -2.09. The molecule has 0 bridgehead atoms. The Labute approximate surface area is 144 Å². The van der Waals surface area contributed by atoms with Crippen molar-refractivity contribution in [3.63, 3.8) is 0 Å². The van der Waals surface area contributed by atoms with Gasteiger partial charge in [0.05, 0.1) is 4.92 Å². The Morgan fingerprint density at radius 2 is 2.00 bits per heavy atom. The molecule has 1 aromatic heterocycles. The number of nitro benzene ring substituents is 1. The number of carbonyl (C=O) groups is 1. The molecule has 25 heavy (non-hydrogen) atoms. The topological polar surface area (TPSA) is 103 Å². The Morgan fingerprint density at radius 3 is 2.76 bits per heavy atom. The number of nitrogens with two attached hydrogens (primary N) is 1. The predicted octanol–water partition coefficient (Wildman–Crippen LogP) is 3.15. The molecular formula is C18H18N4O3. The first-order valence-corrected chi connectivity index (χ1v) is 7.92. The van der Waals surface area contributed by atoms with Crippen LogP contribution in [0.5, 0.6) is 0 Å². The molecule has 0 radical (unpaired) electrons. The molecule has 0 spiro atoms. The third-order valence-corrected chi connectivity index (χ3v) is 4.05.